The van der Waals surface area contributed by atoms with Gasteiger partial charge in [0, 0.05) is 25.2 Å². The maximum Gasteiger partial charge on any atom is 0.273 e. The zero-order valence-corrected chi connectivity index (χ0v) is 16.8. The van der Waals surface area contributed by atoms with Crippen LogP contribution in [0.5, 0.6) is 5.75 Å². The smallest absolute Gasteiger partial charge is 0.273 e. The van der Waals surface area contributed by atoms with E-state index in [-0.39, 0.29) is 11.5 Å². The normalized spacial score (nSPS) is 21.5. The molecule has 2 aromatic carbocycles. The lowest BCUT2D eigenvalue weighted by Crippen LogP contribution is -2.49. The molecule has 1 fully saturated rings. The second kappa shape index (κ2) is 8.66. The van der Waals surface area contributed by atoms with E-state index in [0.717, 1.165) is 44.6 Å². The van der Waals surface area contributed by atoms with Crippen LogP contribution in [0.25, 0.3) is 0 Å². The molecule has 1 unspecified atom stereocenters. The van der Waals surface area contributed by atoms with Gasteiger partial charge in [-0.2, -0.15) is 0 Å². The van der Waals surface area contributed by atoms with Crippen LogP contribution < -0.4 is 10.1 Å². The second-order valence-corrected chi connectivity index (χ2v) is 7.79. The van der Waals surface area contributed by atoms with Crippen LogP contribution in [0.3, 0.4) is 0 Å². The predicted octanol–water partition coefficient (Wildman–Crippen LogP) is 3.49. The average molecular weight is 393 g/mol. The fourth-order valence-corrected chi connectivity index (χ4v) is 4.05. The summed E-state index contributed by atoms with van der Waals surface area (Å²) in [5.41, 5.74) is 2.15. The van der Waals surface area contributed by atoms with E-state index >= 15 is 0 Å². The van der Waals surface area contributed by atoms with Gasteiger partial charge in [-0.05, 0) is 55.6 Å². The molecule has 1 amide bonds. The van der Waals surface area contributed by atoms with Gasteiger partial charge in [0.1, 0.15) is 11.5 Å². The van der Waals surface area contributed by atoms with E-state index < -0.39 is 0 Å². The first-order valence-electron chi connectivity index (χ1n) is 10.1. The number of carbonyl (C=O) groups excluding carboxylic acids is 1. The molecule has 0 saturated carbocycles. The molecule has 0 aliphatic carbocycles. The number of nitrogens with zero attached hydrogens (tertiary/aromatic N) is 2. The van der Waals surface area contributed by atoms with Crippen LogP contribution >= 0.6 is 0 Å². The van der Waals surface area contributed by atoms with Crippen molar-refractivity contribution in [1.82, 2.24) is 4.90 Å². The Bertz CT molecular complexity index is 867. The molecule has 2 aliphatic heterocycles. The molecule has 0 aromatic heterocycles. The minimum Gasteiger partial charge on any atom is -0.497 e. The molecule has 0 bridgehead atoms. The molecular weight excluding hydrogens is 366 g/mol. The third kappa shape index (κ3) is 4.77. The van der Waals surface area contributed by atoms with Gasteiger partial charge in [0.2, 0.25) is 0 Å². The maximum absolute atomic E-state index is 12.6. The van der Waals surface area contributed by atoms with Crippen LogP contribution in [0, 0.1) is 0 Å². The SMILES string of the molecule is COc1ccc(NC(=O)C2=NOC3(CCCN(CCc4ccccc4)C3)C2)cc1. The first kappa shape index (κ1) is 19.5. The Balaban J connectivity index is 1.31. The van der Waals surface area contributed by atoms with Crippen molar-refractivity contribution in [2.45, 2.75) is 31.3 Å². The van der Waals surface area contributed by atoms with Gasteiger partial charge >= 0.3 is 0 Å². The summed E-state index contributed by atoms with van der Waals surface area (Å²) < 4.78 is 5.15. The van der Waals surface area contributed by atoms with Gasteiger partial charge in [0.05, 0.1) is 7.11 Å². The number of benzene rings is 2. The number of amides is 1. The predicted molar refractivity (Wildman–Crippen MR) is 113 cm³/mol. The third-order valence-electron chi connectivity index (χ3n) is 5.63. The monoisotopic (exact) mass is 393 g/mol. The van der Waals surface area contributed by atoms with Crippen molar-refractivity contribution < 1.29 is 14.4 Å². The fourth-order valence-electron chi connectivity index (χ4n) is 4.05. The standard InChI is InChI=1S/C23H27N3O3/c1-28-20-10-8-19(9-11-20)24-22(27)21-16-23(29-25-21)13-5-14-26(17-23)15-12-18-6-3-2-4-7-18/h2-4,6-11H,5,12-17H2,1H3,(H,24,27). The number of likely N-dealkylation sites (tertiary alicyclic amines) is 1. The summed E-state index contributed by atoms with van der Waals surface area (Å²) in [6.45, 7) is 2.86. The van der Waals surface area contributed by atoms with E-state index in [9.17, 15) is 4.79 Å². The summed E-state index contributed by atoms with van der Waals surface area (Å²) in [7, 11) is 1.62. The quantitative estimate of drug-likeness (QED) is 0.816. The summed E-state index contributed by atoms with van der Waals surface area (Å²) in [5, 5.41) is 7.04. The lowest BCUT2D eigenvalue weighted by molar-refractivity contribution is -0.110. The summed E-state index contributed by atoms with van der Waals surface area (Å²) in [6, 6.07) is 17.8. The number of ether oxygens (including phenoxy) is 1. The van der Waals surface area contributed by atoms with Crippen molar-refractivity contribution in [3.63, 3.8) is 0 Å². The van der Waals surface area contributed by atoms with Gasteiger partial charge in [-0.1, -0.05) is 35.5 Å². The molecular formula is C23H27N3O3. The van der Waals surface area contributed by atoms with Crippen LogP contribution in [0.2, 0.25) is 0 Å². The topological polar surface area (TPSA) is 63.2 Å². The number of hydrogen-bond acceptors (Lipinski definition) is 5. The van der Waals surface area contributed by atoms with Gasteiger partial charge < -0.3 is 14.9 Å². The van der Waals surface area contributed by atoms with E-state index in [2.05, 4.69) is 39.6 Å². The average Bonchev–Trinajstić information content (AvgIpc) is 3.17. The number of piperidine rings is 1. The van der Waals surface area contributed by atoms with E-state index in [1.807, 2.05) is 30.3 Å². The van der Waals surface area contributed by atoms with Crippen LogP contribution in [0.1, 0.15) is 24.8 Å². The van der Waals surface area contributed by atoms with E-state index in [1.165, 1.54) is 5.56 Å². The highest BCUT2D eigenvalue weighted by atomic mass is 16.7. The molecule has 1 atom stereocenters. The number of nitrogens with one attached hydrogen (secondary N) is 1. The van der Waals surface area contributed by atoms with Crippen molar-refractivity contribution in [2.75, 3.05) is 32.1 Å². The van der Waals surface area contributed by atoms with Crippen LogP contribution in [0.4, 0.5) is 5.69 Å². The third-order valence-corrected chi connectivity index (χ3v) is 5.63. The molecule has 1 N–H and O–H groups in total. The zero-order valence-electron chi connectivity index (χ0n) is 16.8. The summed E-state index contributed by atoms with van der Waals surface area (Å²) in [4.78, 5) is 20.9. The Hall–Kier alpha value is -2.86. The molecule has 152 valence electrons. The summed E-state index contributed by atoms with van der Waals surface area (Å²) in [5.74, 6) is 0.551. The Morgan fingerprint density at radius 3 is 2.76 bits per heavy atom. The highest BCUT2D eigenvalue weighted by Crippen LogP contribution is 2.33. The van der Waals surface area contributed by atoms with E-state index in [1.54, 1.807) is 7.11 Å². The second-order valence-electron chi connectivity index (χ2n) is 7.79. The number of methoxy groups -OCH3 is 1. The number of oxime groups is 1. The maximum atomic E-state index is 12.6. The lowest BCUT2D eigenvalue weighted by Gasteiger charge is -2.38. The van der Waals surface area contributed by atoms with Crippen molar-refractivity contribution in [2.24, 2.45) is 5.16 Å². The minimum atomic E-state index is -0.373. The molecule has 4 rings (SSSR count). The molecule has 2 heterocycles. The molecule has 1 saturated heterocycles. The summed E-state index contributed by atoms with van der Waals surface area (Å²) >= 11 is 0. The number of carbonyl (C=O) groups is 1. The van der Waals surface area contributed by atoms with Gasteiger partial charge in [-0.25, -0.2) is 0 Å². The first-order chi connectivity index (χ1) is 14.2. The molecule has 2 aromatic rings. The molecule has 6 heteroatoms. The van der Waals surface area contributed by atoms with Crippen LogP contribution in [0.15, 0.2) is 59.8 Å². The molecule has 0 radical (unpaired) electrons. The van der Waals surface area contributed by atoms with Gasteiger partial charge in [-0.3, -0.25) is 9.69 Å². The molecule has 2 aliphatic rings. The van der Waals surface area contributed by atoms with E-state index in [0.29, 0.717) is 17.8 Å². The van der Waals surface area contributed by atoms with Crippen LogP contribution in [-0.2, 0) is 16.1 Å². The Kier molecular flexibility index (Phi) is 5.81. The van der Waals surface area contributed by atoms with Crippen LogP contribution in [-0.4, -0.2) is 48.9 Å². The van der Waals surface area contributed by atoms with Gasteiger partial charge in [-0.15, -0.1) is 0 Å². The largest absolute Gasteiger partial charge is 0.497 e. The minimum absolute atomic E-state index is 0.201. The number of rotatable bonds is 6. The lowest BCUT2D eigenvalue weighted by atomic mass is 9.88. The first-order valence-corrected chi connectivity index (χ1v) is 10.1. The van der Waals surface area contributed by atoms with Gasteiger partial charge in [0.15, 0.2) is 5.60 Å². The molecule has 1 spiro atoms. The zero-order chi connectivity index (χ0) is 20.1. The van der Waals surface area contributed by atoms with E-state index in [4.69, 9.17) is 9.57 Å². The van der Waals surface area contributed by atoms with Gasteiger partial charge in [0.25, 0.3) is 5.91 Å². The fraction of sp³-hybridized carbons (Fsp3) is 0.391. The Labute approximate surface area is 171 Å². The Morgan fingerprint density at radius 1 is 1.21 bits per heavy atom. The number of anilines is 1. The molecule has 6 nitrogen and oxygen atoms in total. The highest BCUT2D eigenvalue weighted by molar-refractivity contribution is 6.43. The van der Waals surface area contributed by atoms with Crippen molar-refractivity contribution >= 4 is 17.3 Å². The van der Waals surface area contributed by atoms with Crippen molar-refractivity contribution in [1.29, 1.82) is 0 Å². The highest BCUT2D eigenvalue weighted by Gasteiger charge is 2.44. The number of hydrogen-bond donors (Lipinski definition) is 1. The summed E-state index contributed by atoms with van der Waals surface area (Å²) in [6.07, 6.45) is 3.55. The molecule has 29 heavy (non-hydrogen) atoms. The Morgan fingerprint density at radius 2 is 2.00 bits per heavy atom. The van der Waals surface area contributed by atoms with Crippen molar-refractivity contribution in [3.05, 3.63) is 60.2 Å². The van der Waals surface area contributed by atoms with Crippen molar-refractivity contribution in [3.8, 4) is 5.75 Å².